The van der Waals surface area contributed by atoms with Crippen molar-refractivity contribution < 1.29 is 28.7 Å². The van der Waals surface area contributed by atoms with Crippen molar-refractivity contribution in [2.45, 2.75) is 52.4 Å². The first-order valence-corrected chi connectivity index (χ1v) is 10.8. The number of carbonyl (C=O) groups is 5. The van der Waals surface area contributed by atoms with Crippen molar-refractivity contribution in [2.75, 3.05) is 31.6 Å². The lowest BCUT2D eigenvalue weighted by Gasteiger charge is -2.08. The van der Waals surface area contributed by atoms with Gasteiger partial charge in [-0.1, -0.05) is 19.1 Å². The zero-order valence-corrected chi connectivity index (χ0v) is 18.8. The fourth-order valence-electron chi connectivity index (χ4n) is 2.74. The quantitative estimate of drug-likeness (QED) is 0.260. The molecule has 0 aliphatic rings. The van der Waals surface area contributed by atoms with Gasteiger partial charge in [0.15, 0.2) is 0 Å². The number of ether oxygens (including phenoxy) is 1. The van der Waals surface area contributed by atoms with Crippen LogP contribution in [0.15, 0.2) is 24.3 Å². The van der Waals surface area contributed by atoms with E-state index in [1.807, 2.05) is 6.92 Å². The maximum absolute atomic E-state index is 12.0. The smallest absolute Gasteiger partial charge is 0.233 e. The lowest BCUT2D eigenvalue weighted by molar-refractivity contribution is -0.128. The van der Waals surface area contributed by atoms with Crippen molar-refractivity contribution in [2.24, 2.45) is 0 Å². The van der Waals surface area contributed by atoms with Crippen LogP contribution in [0.25, 0.3) is 0 Å². The molecular formula is C23H33N3O6. The van der Waals surface area contributed by atoms with Crippen LogP contribution in [0.4, 0.5) is 5.69 Å². The summed E-state index contributed by atoms with van der Waals surface area (Å²) in [5.74, 6) is -1.20. The fourth-order valence-corrected chi connectivity index (χ4v) is 2.74. The first-order chi connectivity index (χ1) is 15.3. The third kappa shape index (κ3) is 13.3. The number of nitrogens with one attached hydrogen (secondary N) is 3. The molecule has 0 unspecified atom stereocenters. The summed E-state index contributed by atoms with van der Waals surface area (Å²) in [6.07, 6.45) is 1.66. The van der Waals surface area contributed by atoms with E-state index in [2.05, 4.69) is 16.0 Å². The molecule has 1 rings (SSSR count). The van der Waals surface area contributed by atoms with E-state index >= 15 is 0 Å². The van der Waals surface area contributed by atoms with Gasteiger partial charge >= 0.3 is 0 Å². The zero-order valence-electron chi connectivity index (χ0n) is 18.8. The topological polar surface area (TPSA) is 131 Å². The molecule has 1 aromatic rings. The Hall–Kier alpha value is -3.07. The van der Waals surface area contributed by atoms with Crippen molar-refractivity contribution in [3.63, 3.8) is 0 Å². The third-order valence-corrected chi connectivity index (χ3v) is 4.24. The monoisotopic (exact) mass is 447 g/mol. The third-order valence-electron chi connectivity index (χ3n) is 4.24. The van der Waals surface area contributed by atoms with Crippen molar-refractivity contribution in [1.29, 1.82) is 0 Å². The average molecular weight is 448 g/mol. The molecule has 0 aliphatic carbocycles. The molecule has 176 valence electrons. The van der Waals surface area contributed by atoms with Crippen LogP contribution in [-0.4, -0.2) is 55.6 Å². The van der Waals surface area contributed by atoms with E-state index in [1.165, 1.54) is 6.92 Å². The molecule has 3 amide bonds. The molecule has 0 saturated heterocycles. The van der Waals surface area contributed by atoms with Crippen LogP contribution in [0.5, 0.6) is 0 Å². The predicted octanol–water partition coefficient (Wildman–Crippen LogP) is 1.55. The van der Waals surface area contributed by atoms with Gasteiger partial charge in [-0.25, -0.2) is 0 Å². The van der Waals surface area contributed by atoms with E-state index in [9.17, 15) is 24.0 Å². The second-order valence-corrected chi connectivity index (χ2v) is 7.43. The van der Waals surface area contributed by atoms with E-state index in [1.54, 1.807) is 24.3 Å². The molecule has 9 heteroatoms. The van der Waals surface area contributed by atoms with Gasteiger partial charge in [-0.05, 0) is 37.5 Å². The number of amides is 3. The Morgan fingerprint density at radius 1 is 0.844 bits per heavy atom. The van der Waals surface area contributed by atoms with Gasteiger partial charge < -0.3 is 20.7 Å². The van der Waals surface area contributed by atoms with Gasteiger partial charge in [0.05, 0.1) is 13.0 Å². The summed E-state index contributed by atoms with van der Waals surface area (Å²) in [6, 6.07) is 6.67. The van der Waals surface area contributed by atoms with Crippen molar-refractivity contribution >= 4 is 35.0 Å². The number of carbonyl (C=O) groups excluding carboxylic acids is 5. The molecule has 0 radical (unpaired) electrons. The number of rotatable bonds is 16. The van der Waals surface area contributed by atoms with Crippen LogP contribution in [0.3, 0.4) is 0 Å². The van der Waals surface area contributed by atoms with Crippen LogP contribution in [-0.2, 0) is 35.1 Å². The lowest BCUT2D eigenvalue weighted by atomic mass is 10.1. The van der Waals surface area contributed by atoms with Crippen molar-refractivity contribution in [1.82, 2.24) is 10.6 Å². The van der Waals surface area contributed by atoms with Crippen LogP contribution in [0.2, 0.25) is 0 Å². The Morgan fingerprint density at radius 2 is 1.53 bits per heavy atom. The lowest BCUT2D eigenvalue weighted by Crippen LogP contribution is -2.30. The molecule has 0 spiro atoms. The minimum atomic E-state index is -0.457. The predicted molar refractivity (Wildman–Crippen MR) is 120 cm³/mol. The minimum Gasteiger partial charge on any atom is -0.380 e. The fraction of sp³-hybridized carbons (Fsp3) is 0.522. The van der Waals surface area contributed by atoms with E-state index in [-0.39, 0.29) is 43.3 Å². The van der Waals surface area contributed by atoms with Crippen LogP contribution < -0.4 is 16.0 Å². The average Bonchev–Trinajstić information content (AvgIpc) is 2.72. The number of hydrogen-bond donors (Lipinski definition) is 3. The van der Waals surface area contributed by atoms with E-state index in [0.29, 0.717) is 38.3 Å². The Kier molecular flexibility index (Phi) is 13.2. The first kappa shape index (κ1) is 27.0. The summed E-state index contributed by atoms with van der Waals surface area (Å²) in [6.45, 7) is 5.03. The van der Waals surface area contributed by atoms with Gasteiger partial charge in [-0.2, -0.15) is 0 Å². The molecule has 0 atom stereocenters. The minimum absolute atomic E-state index is 0.00544. The van der Waals surface area contributed by atoms with E-state index < -0.39 is 11.8 Å². The molecule has 0 heterocycles. The summed E-state index contributed by atoms with van der Waals surface area (Å²) in [7, 11) is 0. The Morgan fingerprint density at radius 3 is 2.19 bits per heavy atom. The number of anilines is 1. The molecule has 32 heavy (non-hydrogen) atoms. The highest BCUT2D eigenvalue weighted by molar-refractivity contribution is 6.03. The second kappa shape index (κ2) is 15.7. The van der Waals surface area contributed by atoms with Gasteiger partial charge in [0.1, 0.15) is 18.0 Å². The molecule has 3 N–H and O–H groups in total. The summed E-state index contributed by atoms with van der Waals surface area (Å²) in [5, 5.41) is 8.01. The summed E-state index contributed by atoms with van der Waals surface area (Å²) < 4.78 is 5.36. The second-order valence-electron chi connectivity index (χ2n) is 7.43. The molecule has 9 nitrogen and oxygen atoms in total. The van der Waals surface area contributed by atoms with Crippen LogP contribution >= 0.6 is 0 Å². The van der Waals surface area contributed by atoms with Gasteiger partial charge in [-0.15, -0.1) is 0 Å². The Balaban J connectivity index is 2.17. The molecule has 1 aromatic carbocycles. The summed E-state index contributed by atoms with van der Waals surface area (Å²) in [5.41, 5.74) is 1.26. The van der Waals surface area contributed by atoms with Crippen molar-refractivity contribution in [3.8, 4) is 0 Å². The zero-order chi connectivity index (χ0) is 23.8. The molecular weight excluding hydrogens is 414 g/mol. The maximum Gasteiger partial charge on any atom is 0.233 e. The van der Waals surface area contributed by atoms with Crippen LogP contribution in [0.1, 0.15) is 51.5 Å². The molecule has 0 aliphatic heterocycles. The van der Waals surface area contributed by atoms with Gasteiger partial charge in [0.25, 0.3) is 0 Å². The standard InChI is InChI=1S/C23H33N3O6/c1-3-10-24-21(29)5-4-12-32-13-11-25-22(30)16-23(31)26-19-8-6-18(7-9-19)15-20(28)14-17(2)27/h6-9H,3-5,10-16H2,1-2H3,(H,24,29)(H,25,30)(H,26,31). The van der Waals surface area contributed by atoms with Gasteiger partial charge in [0.2, 0.25) is 17.7 Å². The normalized spacial score (nSPS) is 10.3. The number of ketones is 2. The number of benzene rings is 1. The maximum atomic E-state index is 12.0. The molecule has 0 saturated carbocycles. The highest BCUT2D eigenvalue weighted by Crippen LogP contribution is 2.11. The highest BCUT2D eigenvalue weighted by Gasteiger charge is 2.10. The van der Waals surface area contributed by atoms with Gasteiger partial charge in [0, 0.05) is 38.2 Å². The highest BCUT2D eigenvalue weighted by atomic mass is 16.5. The van der Waals surface area contributed by atoms with E-state index in [0.717, 1.165) is 12.0 Å². The molecule has 0 aromatic heterocycles. The molecule has 0 bridgehead atoms. The largest absolute Gasteiger partial charge is 0.380 e. The van der Waals surface area contributed by atoms with Gasteiger partial charge in [-0.3, -0.25) is 24.0 Å². The van der Waals surface area contributed by atoms with Crippen LogP contribution in [0, 0.1) is 0 Å². The first-order valence-electron chi connectivity index (χ1n) is 10.8. The Labute approximate surface area is 188 Å². The number of hydrogen-bond acceptors (Lipinski definition) is 6. The Bertz CT molecular complexity index is 776. The molecule has 0 fully saturated rings. The summed E-state index contributed by atoms with van der Waals surface area (Å²) in [4.78, 5) is 57.9. The number of Topliss-reactive ketones (excluding diaryl/α,β-unsaturated/α-hetero) is 2. The van der Waals surface area contributed by atoms with Crippen molar-refractivity contribution in [3.05, 3.63) is 29.8 Å². The SMILES string of the molecule is CCCNC(=O)CCCOCCNC(=O)CC(=O)Nc1ccc(CC(=O)CC(C)=O)cc1. The van der Waals surface area contributed by atoms with E-state index in [4.69, 9.17) is 4.74 Å². The summed E-state index contributed by atoms with van der Waals surface area (Å²) >= 11 is 0.